The molecule has 0 atom stereocenters. The Morgan fingerprint density at radius 1 is 0.966 bits per heavy atom. The van der Waals surface area contributed by atoms with E-state index in [4.69, 9.17) is 4.74 Å². The predicted octanol–water partition coefficient (Wildman–Crippen LogP) is 7.00. The summed E-state index contributed by atoms with van der Waals surface area (Å²) in [4.78, 5) is 13.2. The fraction of sp³-hybridized carbons (Fsp3) is 0.500. The van der Waals surface area contributed by atoms with Gasteiger partial charge in [-0.05, 0) is 28.9 Å². The first-order chi connectivity index (χ1) is 13.5. The highest BCUT2D eigenvalue weighted by Crippen LogP contribution is 2.46. The molecule has 0 aliphatic rings. The van der Waals surface area contributed by atoms with E-state index in [2.05, 4.69) is 27.7 Å². The van der Waals surface area contributed by atoms with Crippen LogP contribution in [0.4, 0.5) is 0 Å². The maximum atomic E-state index is 13.2. The molecule has 0 unspecified atom stereocenters. The second-order valence-corrected chi connectivity index (χ2v) is 9.78. The maximum Gasteiger partial charge on any atom is 0.338 e. The molecule has 1 N–H and O–H groups in total. The Kier molecular flexibility index (Phi) is 7.15. The molecule has 0 aliphatic heterocycles. The van der Waals surface area contributed by atoms with Crippen LogP contribution in [0.15, 0.2) is 36.4 Å². The molecular formula is C26H36O3. The Morgan fingerprint density at radius 2 is 1.59 bits per heavy atom. The number of hydrogen-bond acceptors (Lipinski definition) is 3. The van der Waals surface area contributed by atoms with E-state index in [9.17, 15) is 9.90 Å². The van der Waals surface area contributed by atoms with Crippen molar-refractivity contribution in [1.29, 1.82) is 0 Å². The molecule has 0 fully saturated rings. The van der Waals surface area contributed by atoms with Gasteiger partial charge >= 0.3 is 5.97 Å². The largest absolute Gasteiger partial charge is 0.507 e. The molecule has 29 heavy (non-hydrogen) atoms. The first kappa shape index (κ1) is 23.0. The van der Waals surface area contributed by atoms with Gasteiger partial charge in [0, 0.05) is 16.7 Å². The molecule has 2 aromatic rings. The molecule has 0 aliphatic carbocycles. The van der Waals surface area contributed by atoms with Gasteiger partial charge in [0.1, 0.15) is 5.75 Å². The van der Waals surface area contributed by atoms with E-state index in [1.54, 1.807) is 0 Å². The van der Waals surface area contributed by atoms with Crippen molar-refractivity contribution in [3.05, 3.63) is 53.1 Å². The van der Waals surface area contributed by atoms with E-state index in [1.807, 2.05) is 57.2 Å². The number of unbranched alkanes of at least 4 members (excludes halogenated alkanes) is 2. The first-order valence-electron chi connectivity index (χ1n) is 10.6. The zero-order valence-corrected chi connectivity index (χ0v) is 19.1. The molecule has 2 aromatic carbocycles. The summed E-state index contributed by atoms with van der Waals surface area (Å²) in [6.45, 7) is 14.9. The summed E-state index contributed by atoms with van der Waals surface area (Å²) in [5.41, 5.74) is 3.10. The molecular weight excluding hydrogens is 360 g/mol. The molecule has 2 rings (SSSR count). The lowest BCUT2D eigenvalue weighted by molar-refractivity contribution is 0.0498. The summed E-state index contributed by atoms with van der Waals surface area (Å²) >= 11 is 0. The van der Waals surface area contributed by atoms with Crippen LogP contribution in [0.5, 0.6) is 5.75 Å². The summed E-state index contributed by atoms with van der Waals surface area (Å²) < 4.78 is 5.65. The van der Waals surface area contributed by atoms with Gasteiger partial charge in [0.25, 0.3) is 0 Å². The van der Waals surface area contributed by atoms with E-state index in [0.29, 0.717) is 12.2 Å². The molecule has 0 radical (unpaired) electrons. The minimum atomic E-state index is -0.353. The fourth-order valence-electron chi connectivity index (χ4n) is 3.63. The number of phenolic OH excluding ortho intramolecular Hbond substituents is 1. The van der Waals surface area contributed by atoms with Gasteiger partial charge in [-0.2, -0.15) is 0 Å². The SMILES string of the molecule is CCCCCOC(=O)c1cc(C(C)(C)C)c(O)c(C(C)(C)C)c1-c1ccccc1. The van der Waals surface area contributed by atoms with E-state index < -0.39 is 0 Å². The van der Waals surface area contributed by atoms with Crippen molar-refractivity contribution in [2.24, 2.45) is 0 Å². The number of rotatable bonds is 6. The summed E-state index contributed by atoms with van der Waals surface area (Å²) in [6.07, 6.45) is 2.97. The van der Waals surface area contributed by atoms with Crippen LogP contribution in [0.25, 0.3) is 11.1 Å². The number of hydrogen-bond donors (Lipinski definition) is 1. The highest BCUT2D eigenvalue weighted by Gasteiger charge is 2.33. The lowest BCUT2D eigenvalue weighted by atomic mass is 9.74. The van der Waals surface area contributed by atoms with E-state index >= 15 is 0 Å². The maximum absolute atomic E-state index is 13.2. The third kappa shape index (κ3) is 5.41. The molecule has 0 aromatic heterocycles. The number of carbonyl (C=O) groups is 1. The van der Waals surface area contributed by atoms with Crippen molar-refractivity contribution in [3.63, 3.8) is 0 Å². The van der Waals surface area contributed by atoms with Crippen molar-refractivity contribution in [1.82, 2.24) is 0 Å². The third-order valence-corrected chi connectivity index (χ3v) is 5.12. The van der Waals surface area contributed by atoms with Crippen molar-refractivity contribution in [3.8, 4) is 16.9 Å². The van der Waals surface area contributed by atoms with Gasteiger partial charge in [-0.15, -0.1) is 0 Å². The minimum Gasteiger partial charge on any atom is -0.507 e. The number of benzene rings is 2. The molecule has 0 saturated heterocycles. The van der Waals surface area contributed by atoms with Gasteiger partial charge in [-0.25, -0.2) is 4.79 Å². The van der Waals surface area contributed by atoms with E-state index in [-0.39, 0.29) is 22.5 Å². The molecule has 0 spiro atoms. The molecule has 0 bridgehead atoms. The number of ether oxygens (including phenoxy) is 1. The van der Waals surface area contributed by atoms with Gasteiger partial charge in [0.05, 0.1) is 12.2 Å². The Bertz CT molecular complexity index is 837. The first-order valence-corrected chi connectivity index (χ1v) is 10.6. The zero-order chi connectivity index (χ0) is 21.8. The van der Waals surface area contributed by atoms with Crippen LogP contribution >= 0.6 is 0 Å². The minimum absolute atomic E-state index is 0.270. The van der Waals surface area contributed by atoms with Crippen LogP contribution < -0.4 is 0 Å². The van der Waals surface area contributed by atoms with Crippen molar-refractivity contribution >= 4 is 5.97 Å². The lowest BCUT2D eigenvalue weighted by Crippen LogP contribution is -2.21. The van der Waals surface area contributed by atoms with E-state index in [1.165, 1.54) is 0 Å². The normalized spacial score (nSPS) is 12.1. The third-order valence-electron chi connectivity index (χ3n) is 5.12. The standard InChI is InChI=1S/C26H36O3/c1-8-9-13-16-29-24(28)19-17-20(25(2,3)4)23(27)22(26(5,6)7)21(19)18-14-11-10-12-15-18/h10-12,14-15,17,27H,8-9,13,16H2,1-7H3. The second-order valence-electron chi connectivity index (χ2n) is 9.78. The Hall–Kier alpha value is -2.29. The average Bonchev–Trinajstić information content (AvgIpc) is 2.63. The number of aromatic hydroxyl groups is 1. The fourth-order valence-corrected chi connectivity index (χ4v) is 3.63. The van der Waals surface area contributed by atoms with Crippen molar-refractivity contribution in [2.75, 3.05) is 6.61 Å². The monoisotopic (exact) mass is 396 g/mol. The summed E-state index contributed by atoms with van der Waals surface area (Å²) in [5.74, 6) is -0.0534. The smallest absolute Gasteiger partial charge is 0.338 e. The zero-order valence-electron chi connectivity index (χ0n) is 19.1. The average molecular weight is 397 g/mol. The van der Waals surface area contributed by atoms with Crippen LogP contribution in [-0.2, 0) is 15.6 Å². The molecule has 0 amide bonds. The Morgan fingerprint density at radius 3 is 2.10 bits per heavy atom. The van der Waals surface area contributed by atoms with Crippen LogP contribution in [0.3, 0.4) is 0 Å². The molecule has 158 valence electrons. The highest BCUT2D eigenvalue weighted by atomic mass is 16.5. The summed E-state index contributed by atoms with van der Waals surface area (Å²) in [5, 5.41) is 11.3. The Balaban J connectivity index is 2.76. The molecule has 0 heterocycles. The van der Waals surface area contributed by atoms with Gasteiger partial charge in [-0.1, -0.05) is 91.6 Å². The Labute approximate surface area is 176 Å². The van der Waals surface area contributed by atoms with E-state index in [0.717, 1.165) is 41.5 Å². The van der Waals surface area contributed by atoms with Gasteiger partial charge in [0.15, 0.2) is 0 Å². The quantitative estimate of drug-likeness (QED) is 0.422. The second kappa shape index (κ2) is 9.02. The van der Waals surface area contributed by atoms with Crippen molar-refractivity contribution in [2.45, 2.75) is 78.6 Å². The van der Waals surface area contributed by atoms with Crippen LogP contribution in [0.2, 0.25) is 0 Å². The number of carbonyl (C=O) groups excluding carboxylic acids is 1. The molecule has 0 saturated carbocycles. The van der Waals surface area contributed by atoms with Gasteiger partial charge in [0.2, 0.25) is 0 Å². The van der Waals surface area contributed by atoms with Gasteiger partial charge < -0.3 is 9.84 Å². The molecule has 3 heteroatoms. The lowest BCUT2D eigenvalue weighted by Gasteiger charge is -2.31. The van der Waals surface area contributed by atoms with Crippen LogP contribution in [-0.4, -0.2) is 17.7 Å². The number of esters is 1. The van der Waals surface area contributed by atoms with Gasteiger partial charge in [-0.3, -0.25) is 0 Å². The van der Waals surface area contributed by atoms with Crippen LogP contribution in [0.1, 0.15) is 89.2 Å². The number of phenols is 1. The van der Waals surface area contributed by atoms with Crippen molar-refractivity contribution < 1.29 is 14.6 Å². The molecule has 3 nitrogen and oxygen atoms in total. The summed E-state index contributed by atoms with van der Waals surface area (Å²) in [6, 6.07) is 11.6. The summed E-state index contributed by atoms with van der Waals surface area (Å²) in [7, 11) is 0. The topological polar surface area (TPSA) is 46.5 Å². The predicted molar refractivity (Wildman–Crippen MR) is 121 cm³/mol. The highest BCUT2D eigenvalue weighted by molar-refractivity contribution is 6.00. The van der Waals surface area contributed by atoms with Crippen LogP contribution in [0, 0.1) is 0 Å².